The van der Waals surface area contributed by atoms with Crippen molar-refractivity contribution in [3.05, 3.63) is 15.9 Å². The maximum absolute atomic E-state index is 4.57. The highest BCUT2D eigenvalue weighted by molar-refractivity contribution is 9.10. The van der Waals surface area contributed by atoms with Crippen molar-refractivity contribution in [3.63, 3.8) is 0 Å². The molecular formula is C14H24BrN3. The third-order valence-electron chi connectivity index (χ3n) is 4.08. The molecule has 0 aliphatic carbocycles. The van der Waals surface area contributed by atoms with Crippen LogP contribution in [0.4, 0.5) is 0 Å². The molecule has 0 aromatic carbocycles. The summed E-state index contributed by atoms with van der Waals surface area (Å²) in [5.41, 5.74) is 2.44. The van der Waals surface area contributed by atoms with Gasteiger partial charge in [0.25, 0.3) is 0 Å². The van der Waals surface area contributed by atoms with Gasteiger partial charge in [-0.15, -0.1) is 0 Å². The van der Waals surface area contributed by atoms with Crippen LogP contribution in [0.5, 0.6) is 0 Å². The van der Waals surface area contributed by atoms with Crippen LogP contribution in [0.3, 0.4) is 0 Å². The minimum absolute atomic E-state index is 0.802. The number of rotatable bonds is 4. The third kappa shape index (κ3) is 2.80. The van der Waals surface area contributed by atoms with E-state index in [0.29, 0.717) is 0 Å². The normalized spacial score (nSPS) is 21.1. The number of aryl methyl sites for hydroxylation is 2. The Bertz CT molecular complexity index is 411. The Morgan fingerprint density at radius 3 is 2.72 bits per heavy atom. The van der Waals surface area contributed by atoms with Crippen LogP contribution >= 0.6 is 15.9 Å². The molecule has 1 aliphatic rings. The van der Waals surface area contributed by atoms with Crippen molar-refractivity contribution in [1.82, 2.24) is 14.7 Å². The summed E-state index contributed by atoms with van der Waals surface area (Å²) < 4.78 is 3.32. The molecule has 1 atom stereocenters. The van der Waals surface area contributed by atoms with E-state index in [-0.39, 0.29) is 0 Å². The molecule has 1 aromatic heterocycles. The van der Waals surface area contributed by atoms with Crippen LogP contribution in [-0.4, -0.2) is 27.8 Å². The predicted molar refractivity (Wildman–Crippen MR) is 78.6 cm³/mol. The smallest absolute Gasteiger partial charge is 0.0739 e. The minimum Gasteiger partial charge on any atom is -0.297 e. The largest absolute Gasteiger partial charge is 0.297 e. The second-order valence-corrected chi connectivity index (χ2v) is 6.48. The molecule has 1 fully saturated rings. The second-order valence-electron chi connectivity index (χ2n) is 5.69. The SMILES string of the molecule is CCn1nc(C)c(Br)c1CN1CCC(C(C)C)C1. The third-order valence-corrected chi connectivity index (χ3v) is 5.11. The lowest BCUT2D eigenvalue weighted by atomic mass is 9.95. The Morgan fingerprint density at radius 2 is 2.17 bits per heavy atom. The van der Waals surface area contributed by atoms with E-state index in [1.165, 1.54) is 29.7 Å². The van der Waals surface area contributed by atoms with Crippen molar-refractivity contribution in [1.29, 1.82) is 0 Å². The van der Waals surface area contributed by atoms with Crippen molar-refractivity contribution in [3.8, 4) is 0 Å². The first kappa shape index (κ1) is 14.1. The van der Waals surface area contributed by atoms with Crippen molar-refractivity contribution in [2.75, 3.05) is 13.1 Å². The molecule has 0 N–H and O–H groups in total. The zero-order valence-corrected chi connectivity index (χ0v) is 13.5. The molecule has 1 aromatic rings. The minimum atomic E-state index is 0.802. The van der Waals surface area contributed by atoms with Crippen molar-refractivity contribution < 1.29 is 0 Å². The van der Waals surface area contributed by atoms with Crippen molar-refractivity contribution in [2.24, 2.45) is 11.8 Å². The predicted octanol–water partition coefficient (Wildman–Crippen LogP) is 3.45. The van der Waals surface area contributed by atoms with Crippen LogP contribution in [0.25, 0.3) is 0 Å². The molecule has 4 heteroatoms. The summed E-state index contributed by atoms with van der Waals surface area (Å²) in [6.45, 7) is 13.3. The first-order valence-corrected chi connectivity index (χ1v) is 7.76. The van der Waals surface area contributed by atoms with Gasteiger partial charge in [0.2, 0.25) is 0 Å². The molecule has 2 rings (SSSR count). The zero-order valence-electron chi connectivity index (χ0n) is 11.9. The molecule has 0 bridgehead atoms. The van der Waals surface area contributed by atoms with Gasteiger partial charge in [-0.2, -0.15) is 5.10 Å². The topological polar surface area (TPSA) is 21.1 Å². The summed E-state index contributed by atoms with van der Waals surface area (Å²) in [7, 11) is 0. The molecule has 1 saturated heterocycles. The van der Waals surface area contributed by atoms with E-state index in [1.807, 2.05) is 0 Å². The Balaban J connectivity index is 2.06. The molecule has 102 valence electrons. The fourth-order valence-electron chi connectivity index (χ4n) is 2.78. The van der Waals surface area contributed by atoms with Crippen LogP contribution in [-0.2, 0) is 13.1 Å². The fraction of sp³-hybridized carbons (Fsp3) is 0.786. The lowest BCUT2D eigenvalue weighted by Gasteiger charge is -2.18. The quantitative estimate of drug-likeness (QED) is 0.849. The van der Waals surface area contributed by atoms with Gasteiger partial charge < -0.3 is 0 Å². The van der Waals surface area contributed by atoms with Gasteiger partial charge in [-0.25, -0.2) is 0 Å². The summed E-state index contributed by atoms with van der Waals surface area (Å²) in [5, 5.41) is 4.57. The summed E-state index contributed by atoms with van der Waals surface area (Å²) in [6, 6.07) is 0. The van der Waals surface area contributed by atoms with Gasteiger partial charge in [0.1, 0.15) is 0 Å². The highest BCUT2D eigenvalue weighted by atomic mass is 79.9. The zero-order chi connectivity index (χ0) is 13.3. The average molecular weight is 314 g/mol. The molecule has 0 spiro atoms. The van der Waals surface area contributed by atoms with Gasteiger partial charge in [0, 0.05) is 19.6 Å². The first-order valence-electron chi connectivity index (χ1n) is 6.97. The summed E-state index contributed by atoms with van der Waals surface area (Å²) in [6.07, 6.45) is 1.34. The lowest BCUT2D eigenvalue weighted by Crippen LogP contribution is -2.23. The van der Waals surface area contributed by atoms with E-state index in [9.17, 15) is 0 Å². The maximum Gasteiger partial charge on any atom is 0.0739 e. The van der Waals surface area contributed by atoms with Crippen LogP contribution < -0.4 is 0 Å². The lowest BCUT2D eigenvalue weighted by molar-refractivity contribution is 0.288. The van der Waals surface area contributed by atoms with Crippen LogP contribution in [0.1, 0.15) is 38.6 Å². The summed E-state index contributed by atoms with van der Waals surface area (Å²) >= 11 is 3.68. The van der Waals surface area contributed by atoms with E-state index >= 15 is 0 Å². The highest BCUT2D eigenvalue weighted by Gasteiger charge is 2.26. The van der Waals surface area contributed by atoms with Crippen LogP contribution in [0.15, 0.2) is 4.47 Å². The van der Waals surface area contributed by atoms with Gasteiger partial charge in [0.05, 0.1) is 15.9 Å². The van der Waals surface area contributed by atoms with Gasteiger partial charge >= 0.3 is 0 Å². The summed E-state index contributed by atoms with van der Waals surface area (Å²) in [5.74, 6) is 1.67. The van der Waals surface area contributed by atoms with Gasteiger partial charge in [-0.1, -0.05) is 13.8 Å². The van der Waals surface area contributed by atoms with E-state index in [0.717, 1.165) is 30.6 Å². The number of hydrogen-bond acceptors (Lipinski definition) is 2. The molecule has 2 heterocycles. The molecule has 1 unspecified atom stereocenters. The number of nitrogens with zero attached hydrogens (tertiary/aromatic N) is 3. The Hall–Kier alpha value is -0.350. The van der Waals surface area contributed by atoms with Gasteiger partial charge in [0.15, 0.2) is 0 Å². The molecule has 0 amide bonds. The molecule has 1 aliphatic heterocycles. The number of halogens is 1. The monoisotopic (exact) mass is 313 g/mol. The van der Waals surface area contributed by atoms with E-state index in [2.05, 4.69) is 58.3 Å². The van der Waals surface area contributed by atoms with Gasteiger partial charge in [-0.05, 0) is 54.6 Å². The highest BCUT2D eigenvalue weighted by Crippen LogP contribution is 2.28. The second kappa shape index (κ2) is 5.74. The Kier molecular flexibility index (Phi) is 4.49. The first-order chi connectivity index (χ1) is 8.52. The number of likely N-dealkylation sites (tertiary alicyclic amines) is 1. The van der Waals surface area contributed by atoms with E-state index in [1.54, 1.807) is 0 Å². The van der Waals surface area contributed by atoms with E-state index < -0.39 is 0 Å². The van der Waals surface area contributed by atoms with Crippen LogP contribution in [0.2, 0.25) is 0 Å². The van der Waals surface area contributed by atoms with Gasteiger partial charge in [-0.3, -0.25) is 9.58 Å². The molecule has 0 radical (unpaired) electrons. The molecule has 0 saturated carbocycles. The van der Waals surface area contributed by atoms with Crippen LogP contribution in [0, 0.1) is 18.8 Å². The molecular weight excluding hydrogens is 290 g/mol. The number of hydrogen-bond donors (Lipinski definition) is 0. The fourth-order valence-corrected chi connectivity index (χ4v) is 3.19. The molecule has 18 heavy (non-hydrogen) atoms. The summed E-state index contributed by atoms with van der Waals surface area (Å²) in [4.78, 5) is 2.57. The standard InChI is InChI=1S/C14H24BrN3/c1-5-18-13(14(15)11(4)16-18)9-17-7-6-12(8-17)10(2)3/h10,12H,5-9H2,1-4H3. The average Bonchev–Trinajstić information content (AvgIpc) is 2.89. The maximum atomic E-state index is 4.57. The van der Waals surface area contributed by atoms with Crippen molar-refractivity contribution >= 4 is 15.9 Å². The van der Waals surface area contributed by atoms with E-state index in [4.69, 9.17) is 0 Å². The molecule has 3 nitrogen and oxygen atoms in total. The van der Waals surface area contributed by atoms with Crippen molar-refractivity contribution in [2.45, 2.75) is 47.2 Å². The Labute approximate surface area is 119 Å². The number of aromatic nitrogens is 2. The Morgan fingerprint density at radius 1 is 1.44 bits per heavy atom.